The minimum atomic E-state index is -4.47. The van der Waals surface area contributed by atoms with E-state index in [-0.39, 0.29) is 19.7 Å². The highest BCUT2D eigenvalue weighted by molar-refractivity contribution is 7.89. The quantitative estimate of drug-likeness (QED) is 0.835. The number of carbonyl (C=O) groups is 1. The zero-order chi connectivity index (χ0) is 16.2. The molecule has 0 fully saturated rings. The summed E-state index contributed by atoms with van der Waals surface area (Å²) in [5.41, 5.74) is -0.683. The second kappa shape index (κ2) is 6.92. The van der Waals surface area contributed by atoms with Crippen LogP contribution in [0.5, 0.6) is 0 Å². The van der Waals surface area contributed by atoms with Gasteiger partial charge in [-0.2, -0.15) is 0 Å². The van der Waals surface area contributed by atoms with Gasteiger partial charge in [0.25, 0.3) is 5.91 Å². The monoisotopic (exact) mass is 322 g/mol. The maximum absolute atomic E-state index is 14.1. The summed E-state index contributed by atoms with van der Waals surface area (Å²) in [5.74, 6) is -3.26. The minimum absolute atomic E-state index is 0.159. The van der Waals surface area contributed by atoms with Crippen molar-refractivity contribution in [2.75, 3.05) is 26.8 Å². The van der Waals surface area contributed by atoms with Crippen LogP contribution in [0.2, 0.25) is 0 Å². The van der Waals surface area contributed by atoms with Crippen LogP contribution in [0.1, 0.15) is 17.3 Å². The number of benzene rings is 1. The number of ether oxygens (including phenoxy) is 1. The van der Waals surface area contributed by atoms with Crippen molar-refractivity contribution in [2.24, 2.45) is 5.14 Å². The van der Waals surface area contributed by atoms with Crippen molar-refractivity contribution in [1.82, 2.24) is 4.90 Å². The van der Waals surface area contributed by atoms with Crippen LogP contribution in [0.15, 0.2) is 17.0 Å². The Morgan fingerprint density at radius 3 is 2.48 bits per heavy atom. The van der Waals surface area contributed by atoms with Gasteiger partial charge >= 0.3 is 0 Å². The van der Waals surface area contributed by atoms with E-state index in [4.69, 9.17) is 9.88 Å². The topological polar surface area (TPSA) is 89.7 Å². The number of halogens is 2. The molecule has 0 spiro atoms. The molecule has 0 saturated carbocycles. The van der Waals surface area contributed by atoms with Crippen molar-refractivity contribution in [1.29, 1.82) is 0 Å². The van der Waals surface area contributed by atoms with E-state index in [1.807, 2.05) is 0 Å². The Balaban J connectivity index is 3.30. The number of hydrogen-bond donors (Lipinski definition) is 1. The highest BCUT2D eigenvalue weighted by atomic mass is 32.2. The SMILES string of the molecule is CCN(CCOC)C(=O)c1cc(F)cc(S(N)(=O)=O)c1F. The van der Waals surface area contributed by atoms with Gasteiger partial charge in [-0.1, -0.05) is 0 Å². The van der Waals surface area contributed by atoms with Crippen LogP contribution in [-0.2, 0) is 14.8 Å². The number of carbonyl (C=O) groups excluding carboxylic acids is 1. The van der Waals surface area contributed by atoms with Crippen molar-refractivity contribution in [3.63, 3.8) is 0 Å². The number of nitrogens with two attached hydrogens (primary N) is 1. The van der Waals surface area contributed by atoms with Gasteiger partial charge in [0.05, 0.1) is 12.2 Å². The van der Waals surface area contributed by atoms with Gasteiger partial charge in [0.1, 0.15) is 10.7 Å². The van der Waals surface area contributed by atoms with Crippen molar-refractivity contribution in [3.05, 3.63) is 29.3 Å². The van der Waals surface area contributed by atoms with E-state index in [9.17, 15) is 22.0 Å². The Hall–Kier alpha value is -1.58. The van der Waals surface area contributed by atoms with Crippen molar-refractivity contribution in [2.45, 2.75) is 11.8 Å². The van der Waals surface area contributed by atoms with Gasteiger partial charge in [-0.25, -0.2) is 22.3 Å². The summed E-state index contributed by atoms with van der Waals surface area (Å²) in [6.45, 7) is 2.24. The lowest BCUT2D eigenvalue weighted by molar-refractivity contribution is 0.0700. The number of sulfonamides is 1. The second-order valence-electron chi connectivity index (χ2n) is 4.19. The normalized spacial score (nSPS) is 11.5. The zero-order valence-corrected chi connectivity index (χ0v) is 12.4. The van der Waals surface area contributed by atoms with Gasteiger partial charge in [0.15, 0.2) is 5.82 Å². The Kier molecular flexibility index (Phi) is 5.76. The summed E-state index contributed by atoms with van der Waals surface area (Å²) in [6, 6.07) is 1.08. The molecule has 0 aliphatic carbocycles. The number of nitrogens with zero attached hydrogens (tertiary/aromatic N) is 1. The van der Waals surface area contributed by atoms with E-state index in [1.165, 1.54) is 12.0 Å². The van der Waals surface area contributed by atoms with E-state index in [1.54, 1.807) is 6.92 Å². The molecule has 1 rings (SSSR count). The molecular weight excluding hydrogens is 306 g/mol. The summed E-state index contributed by atoms with van der Waals surface area (Å²) < 4.78 is 54.8. The minimum Gasteiger partial charge on any atom is -0.383 e. The van der Waals surface area contributed by atoms with E-state index >= 15 is 0 Å². The Bertz CT molecular complexity index is 634. The average molecular weight is 322 g/mol. The van der Waals surface area contributed by atoms with E-state index < -0.39 is 38.0 Å². The predicted octanol–water partition coefficient (Wildman–Crippen LogP) is 0.721. The molecule has 0 radical (unpaired) electrons. The molecule has 1 aromatic carbocycles. The smallest absolute Gasteiger partial charge is 0.257 e. The molecule has 0 atom stereocenters. The third-order valence-corrected chi connectivity index (χ3v) is 3.69. The number of amides is 1. The van der Waals surface area contributed by atoms with Crippen molar-refractivity contribution in [3.8, 4) is 0 Å². The first-order valence-corrected chi connectivity index (χ1v) is 7.57. The lowest BCUT2D eigenvalue weighted by atomic mass is 10.1. The van der Waals surface area contributed by atoms with Crippen LogP contribution in [0.4, 0.5) is 8.78 Å². The van der Waals surface area contributed by atoms with Gasteiger partial charge < -0.3 is 9.64 Å². The second-order valence-corrected chi connectivity index (χ2v) is 5.72. The van der Waals surface area contributed by atoms with Crippen LogP contribution >= 0.6 is 0 Å². The lowest BCUT2D eigenvalue weighted by Gasteiger charge is -2.21. The molecule has 6 nitrogen and oxygen atoms in total. The molecule has 0 aromatic heterocycles. The number of methoxy groups -OCH3 is 1. The highest BCUT2D eigenvalue weighted by Crippen LogP contribution is 2.20. The van der Waals surface area contributed by atoms with Crippen LogP contribution in [0.25, 0.3) is 0 Å². The number of rotatable bonds is 6. The Morgan fingerprint density at radius 1 is 1.38 bits per heavy atom. The fraction of sp³-hybridized carbons (Fsp3) is 0.417. The maximum atomic E-state index is 14.1. The number of likely N-dealkylation sites (N-methyl/N-ethyl adjacent to an activating group) is 1. The van der Waals surface area contributed by atoms with Gasteiger partial charge in [-0.3, -0.25) is 4.79 Å². The number of primary sulfonamides is 1. The molecule has 0 saturated heterocycles. The molecule has 21 heavy (non-hydrogen) atoms. The summed E-state index contributed by atoms with van der Waals surface area (Å²) in [7, 11) is -3.04. The standard InChI is InChI=1S/C12H16F2N2O4S/c1-3-16(4-5-20-2)12(17)9-6-8(13)7-10(11(9)14)21(15,18)19/h6-7H,3-5H2,1-2H3,(H2,15,18,19). The van der Waals surface area contributed by atoms with Gasteiger partial charge in [0.2, 0.25) is 10.0 Å². The van der Waals surface area contributed by atoms with Gasteiger partial charge in [0, 0.05) is 20.2 Å². The largest absolute Gasteiger partial charge is 0.383 e. The van der Waals surface area contributed by atoms with Crippen LogP contribution in [-0.4, -0.2) is 46.0 Å². The average Bonchev–Trinajstić information content (AvgIpc) is 2.40. The molecule has 0 bridgehead atoms. The first-order chi connectivity index (χ1) is 9.72. The van der Waals surface area contributed by atoms with Gasteiger partial charge in [-0.15, -0.1) is 0 Å². The molecule has 0 unspecified atom stereocenters. The molecule has 1 amide bonds. The third-order valence-electron chi connectivity index (χ3n) is 2.78. The fourth-order valence-corrected chi connectivity index (χ4v) is 2.34. The van der Waals surface area contributed by atoms with Crippen LogP contribution in [0.3, 0.4) is 0 Å². The molecule has 0 aliphatic heterocycles. The molecular formula is C12H16F2N2O4S. The van der Waals surface area contributed by atoms with Crippen LogP contribution in [0, 0.1) is 11.6 Å². The summed E-state index contributed by atoms with van der Waals surface area (Å²) in [4.78, 5) is 12.3. The summed E-state index contributed by atoms with van der Waals surface area (Å²) >= 11 is 0. The Morgan fingerprint density at radius 2 is 2.00 bits per heavy atom. The first kappa shape index (κ1) is 17.5. The molecule has 118 valence electrons. The maximum Gasteiger partial charge on any atom is 0.257 e. The molecule has 2 N–H and O–H groups in total. The summed E-state index contributed by atoms with van der Waals surface area (Å²) in [6.07, 6.45) is 0. The van der Waals surface area contributed by atoms with Crippen LogP contribution < -0.4 is 5.14 Å². The highest BCUT2D eigenvalue weighted by Gasteiger charge is 2.25. The molecule has 9 heteroatoms. The number of hydrogen-bond acceptors (Lipinski definition) is 4. The third kappa shape index (κ3) is 4.19. The molecule has 0 aliphatic rings. The van der Waals surface area contributed by atoms with E-state index in [0.29, 0.717) is 12.1 Å². The predicted molar refractivity (Wildman–Crippen MR) is 71.2 cm³/mol. The Labute approximate surface area is 121 Å². The fourth-order valence-electron chi connectivity index (χ4n) is 1.70. The van der Waals surface area contributed by atoms with Gasteiger partial charge in [-0.05, 0) is 19.1 Å². The molecule has 0 heterocycles. The van der Waals surface area contributed by atoms with Crippen molar-refractivity contribution >= 4 is 15.9 Å². The van der Waals surface area contributed by atoms with E-state index in [2.05, 4.69) is 0 Å². The summed E-state index contributed by atoms with van der Waals surface area (Å²) in [5, 5.41) is 4.80. The first-order valence-electron chi connectivity index (χ1n) is 6.02. The lowest BCUT2D eigenvalue weighted by Crippen LogP contribution is -2.34. The van der Waals surface area contributed by atoms with Crippen molar-refractivity contribution < 1.29 is 26.7 Å². The zero-order valence-electron chi connectivity index (χ0n) is 11.6. The van der Waals surface area contributed by atoms with E-state index in [0.717, 1.165) is 0 Å². The molecule has 1 aromatic rings.